The largest absolute Gasteiger partial charge is 0.416 e. The Labute approximate surface area is 146 Å². The molecular formula is C15H9BrF6N2O. The molecular weight excluding hydrogens is 418 g/mol. The number of alkyl halides is 6. The summed E-state index contributed by atoms with van der Waals surface area (Å²) in [6.07, 6.45) is -7.15. The van der Waals surface area contributed by atoms with Crippen molar-refractivity contribution in [3.63, 3.8) is 0 Å². The number of rotatable bonds is 3. The van der Waals surface area contributed by atoms with Crippen molar-refractivity contribution in [1.29, 1.82) is 0 Å². The minimum absolute atomic E-state index is 0.0333. The molecule has 3 nitrogen and oxygen atoms in total. The van der Waals surface area contributed by atoms with Gasteiger partial charge in [0.15, 0.2) is 0 Å². The molecule has 0 aliphatic heterocycles. The summed E-state index contributed by atoms with van der Waals surface area (Å²) in [4.78, 5) is 15.8. The summed E-state index contributed by atoms with van der Waals surface area (Å²) in [6, 6.07) is 2.30. The molecule has 2 aromatic rings. The molecule has 0 saturated carbocycles. The van der Waals surface area contributed by atoms with Crippen molar-refractivity contribution in [2.45, 2.75) is 18.9 Å². The third-order valence-corrected chi connectivity index (χ3v) is 3.91. The first-order valence-electron chi connectivity index (χ1n) is 6.64. The zero-order chi connectivity index (χ0) is 18.8. The van der Waals surface area contributed by atoms with Crippen molar-refractivity contribution in [3.8, 4) is 0 Å². The summed E-state index contributed by atoms with van der Waals surface area (Å²) in [5.74, 6) is -1.06. The zero-order valence-electron chi connectivity index (χ0n) is 12.2. The van der Waals surface area contributed by atoms with E-state index in [0.717, 1.165) is 0 Å². The molecule has 0 fully saturated rings. The van der Waals surface area contributed by atoms with E-state index < -0.39 is 35.0 Å². The molecule has 25 heavy (non-hydrogen) atoms. The smallest absolute Gasteiger partial charge is 0.348 e. The number of hydrogen-bond donors (Lipinski definition) is 1. The van der Waals surface area contributed by atoms with E-state index >= 15 is 0 Å². The molecule has 0 atom stereocenters. The second-order valence-corrected chi connectivity index (χ2v) is 5.80. The second-order valence-electron chi connectivity index (χ2n) is 4.94. The normalized spacial score (nSPS) is 12.1. The van der Waals surface area contributed by atoms with Crippen molar-refractivity contribution in [3.05, 3.63) is 63.4 Å². The Morgan fingerprint density at radius 1 is 1.04 bits per heavy atom. The summed E-state index contributed by atoms with van der Waals surface area (Å²) < 4.78 is 77.3. The predicted molar refractivity (Wildman–Crippen MR) is 79.6 cm³/mol. The molecule has 0 spiro atoms. The minimum Gasteiger partial charge on any atom is -0.348 e. The number of carbonyl (C=O) groups excluding carboxylic acids is 1. The van der Waals surface area contributed by atoms with Crippen molar-refractivity contribution in [2.75, 3.05) is 0 Å². The number of nitrogens with zero attached hydrogens (tertiary/aromatic N) is 1. The van der Waals surface area contributed by atoms with Crippen molar-refractivity contribution in [1.82, 2.24) is 10.3 Å². The van der Waals surface area contributed by atoms with Crippen molar-refractivity contribution < 1.29 is 31.1 Å². The highest BCUT2D eigenvalue weighted by atomic mass is 79.9. The van der Waals surface area contributed by atoms with E-state index in [9.17, 15) is 31.1 Å². The Morgan fingerprint density at radius 3 is 2.08 bits per heavy atom. The fourth-order valence-corrected chi connectivity index (χ4v) is 2.26. The van der Waals surface area contributed by atoms with Crippen LogP contribution in [0.25, 0.3) is 0 Å². The Morgan fingerprint density at radius 2 is 1.60 bits per heavy atom. The zero-order valence-corrected chi connectivity index (χ0v) is 13.8. The highest BCUT2D eigenvalue weighted by Crippen LogP contribution is 2.36. The van der Waals surface area contributed by atoms with Crippen LogP contribution in [0.1, 0.15) is 27.0 Å². The van der Waals surface area contributed by atoms with Gasteiger partial charge in [0.25, 0.3) is 5.91 Å². The molecule has 0 saturated heterocycles. The standard InChI is InChI=1S/C15H9BrF6N2O/c16-12-1-2-23-6-9(12)7-24-13(25)8-3-10(14(17,18)19)5-11(4-8)15(20,21)22/h1-6H,7H2,(H,24,25). The summed E-state index contributed by atoms with van der Waals surface area (Å²) in [7, 11) is 0. The van der Waals surface area contributed by atoms with Gasteiger partial charge in [0, 0.05) is 34.5 Å². The maximum absolute atomic E-state index is 12.8. The molecule has 1 aromatic heterocycles. The number of carbonyl (C=O) groups is 1. The Hall–Kier alpha value is -2.10. The molecule has 1 amide bonds. The average Bonchev–Trinajstić information content (AvgIpc) is 2.51. The molecule has 134 valence electrons. The second kappa shape index (κ2) is 7.03. The fourth-order valence-electron chi connectivity index (χ4n) is 1.90. The molecule has 10 heteroatoms. The number of amides is 1. The van der Waals surface area contributed by atoms with Crippen LogP contribution in [-0.2, 0) is 18.9 Å². The SMILES string of the molecule is O=C(NCc1cnccc1Br)c1cc(C(F)(F)F)cc(C(F)(F)F)c1. The highest BCUT2D eigenvalue weighted by molar-refractivity contribution is 9.10. The molecule has 0 radical (unpaired) electrons. The third kappa shape index (κ3) is 4.94. The van der Waals surface area contributed by atoms with Gasteiger partial charge in [0.2, 0.25) is 0 Å². The fraction of sp³-hybridized carbons (Fsp3) is 0.200. The minimum atomic E-state index is -5.01. The summed E-state index contributed by atoms with van der Waals surface area (Å²) >= 11 is 3.19. The average molecular weight is 427 g/mol. The lowest BCUT2D eigenvalue weighted by Crippen LogP contribution is -2.24. The maximum atomic E-state index is 12.8. The van der Waals surface area contributed by atoms with E-state index in [4.69, 9.17) is 0 Å². The monoisotopic (exact) mass is 426 g/mol. The van der Waals surface area contributed by atoms with Gasteiger partial charge in [-0.2, -0.15) is 26.3 Å². The number of pyridine rings is 1. The van der Waals surface area contributed by atoms with E-state index in [1.165, 1.54) is 12.4 Å². The van der Waals surface area contributed by atoms with Crippen LogP contribution in [-0.4, -0.2) is 10.9 Å². The van der Waals surface area contributed by atoms with Gasteiger partial charge in [-0.15, -0.1) is 0 Å². The highest BCUT2D eigenvalue weighted by Gasteiger charge is 2.37. The number of aromatic nitrogens is 1. The molecule has 0 aliphatic rings. The Bertz CT molecular complexity index is 756. The first kappa shape index (κ1) is 19.2. The van der Waals surface area contributed by atoms with Crippen molar-refractivity contribution >= 4 is 21.8 Å². The molecule has 2 rings (SSSR count). The third-order valence-electron chi connectivity index (χ3n) is 3.13. The van der Waals surface area contributed by atoms with Crippen molar-refractivity contribution in [2.24, 2.45) is 0 Å². The molecule has 1 N–H and O–H groups in total. The first-order valence-corrected chi connectivity index (χ1v) is 7.44. The lowest BCUT2D eigenvalue weighted by Gasteiger charge is -2.14. The van der Waals surface area contributed by atoms with Crippen LogP contribution in [0.5, 0.6) is 0 Å². The van der Waals surface area contributed by atoms with E-state index in [1.807, 2.05) is 0 Å². The van der Waals surface area contributed by atoms with Gasteiger partial charge < -0.3 is 5.32 Å². The number of hydrogen-bond acceptors (Lipinski definition) is 2. The quantitative estimate of drug-likeness (QED) is 0.715. The van der Waals surface area contributed by atoms with Crippen LogP contribution in [0.4, 0.5) is 26.3 Å². The topological polar surface area (TPSA) is 42.0 Å². The van der Waals surface area contributed by atoms with Gasteiger partial charge >= 0.3 is 12.4 Å². The summed E-state index contributed by atoms with van der Waals surface area (Å²) in [5.41, 5.74) is -3.31. The van der Waals surface area contributed by atoms with Crippen LogP contribution >= 0.6 is 15.9 Å². The Balaban J connectivity index is 2.31. The van der Waals surface area contributed by atoms with E-state index in [-0.39, 0.29) is 12.6 Å². The first-order chi connectivity index (χ1) is 11.5. The van der Waals surface area contributed by atoms with Crippen LogP contribution in [0.2, 0.25) is 0 Å². The lowest BCUT2D eigenvalue weighted by molar-refractivity contribution is -0.143. The van der Waals surface area contributed by atoms with Gasteiger partial charge in [-0.1, -0.05) is 15.9 Å². The van der Waals surface area contributed by atoms with E-state index in [1.54, 1.807) is 6.07 Å². The van der Waals surface area contributed by atoms with E-state index in [0.29, 0.717) is 22.2 Å². The van der Waals surface area contributed by atoms with Crippen LogP contribution < -0.4 is 5.32 Å². The summed E-state index contributed by atoms with van der Waals surface area (Å²) in [6.45, 7) is -0.120. The summed E-state index contributed by atoms with van der Waals surface area (Å²) in [5, 5.41) is 2.27. The molecule has 1 heterocycles. The van der Waals surface area contributed by atoms with Gasteiger partial charge in [0.1, 0.15) is 0 Å². The number of nitrogens with one attached hydrogen (secondary N) is 1. The van der Waals surface area contributed by atoms with Crippen LogP contribution in [0.3, 0.4) is 0 Å². The van der Waals surface area contributed by atoms with Crippen LogP contribution in [0, 0.1) is 0 Å². The van der Waals surface area contributed by atoms with Gasteiger partial charge in [-0.25, -0.2) is 0 Å². The predicted octanol–water partition coefficient (Wildman–Crippen LogP) is 4.81. The molecule has 1 aromatic carbocycles. The maximum Gasteiger partial charge on any atom is 0.416 e. The van der Waals surface area contributed by atoms with Gasteiger partial charge in [-0.3, -0.25) is 9.78 Å². The van der Waals surface area contributed by atoms with E-state index in [2.05, 4.69) is 26.2 Å². The number of benzene rings is 1. The lowest BCUT2D eigenvalue weighted by atomic mass is 10.0. The molecule has 0 bridgehead atoms. The molecule has 0 unspecified atom stereocenters. The number of halogens is 7. The van der Waals surface area contributed by atoms with Gasteiger partial charge in [-0.05, 0) is 24.3 Å². The van der Waals surface area contributed by atoms with Gasteiger partial charge in [0.05, 0.1) is 11.1 Å². The molecule has 0 aliphatic carbocycles. The van der Waals surface area contributed by atoms with Crippen LogP contribution in [0.15, 0.2) is 41.1 Å². The Kier molecular flexibility index (Phi) is 5.40.